The van der Waals surface area contributed by atoms with Crippen LogP contribution >= 0.6 is 0 Å². The molecule has 1 N–H and O–H groups in total. The quantitative estimate of drug-likeness (QED) is 0.521. The molecule has 0 spiro atoms. The van der Waals surface area contributed by atoms with Crippen molar-refractivity contribution in [1.29, 1.82) is 0 Å². The summed E-state index contributed by atoms with van der Waals surface area (Å²) in [6.45, 7) is 0.211. The molecular weight excluding hydrogens is 456 g/mol. The number of nitrogens with one attached hydrogen (secondary N) is 1. The zero-order valence-electron chi connectivity index (χ0n) is 20.0. The van der Waals surface area contributed by atoms with E-state index in [4.69, 9.17) is 18.9 Å². The Kier molecular flexibility index (Phi) is 7.21. The minimum absolute atomic E-state index is 0.199. The van der Waals surface area contributed by atoms with E-state index < -0.39 is 11.6 Å². The summed E-state index contributed by atoms with van der Waals surface area (Å²) < 4.78 is 49.7. The fourth-order valence-electron chi connectivity index (χ4n) is 4.63. The first-order valence-electron chi connectivity index (χ1n) is 11.1. The van der Waals surface area contributed by atoms with Crippen LogP contribution in [-0.4, -0.2) is 28.4 Å². The number of hydrogen-bond donors (Lipinski definition) is 1. The van der Waals surface area contributed by atoms with Crippen LogP contribution in [0.25, 0.3) is 11.1 Å². The van der Waals surface area contributed by atoms with Gasteiger partial charge in [-0.1, -0.05) is 6.07 Å². The summed E-state index contributed by atoms with van der Waals surface area (Å²) in [5.74, 6) is 0.393. The highest BCUT2D eigenvalue weighted by Gasteiger charge is 2.29. The molecule has 8 heteroatoms. The topological polar surface area (TPSA) is 66.0 Å². The Morgan fingerprint density at radius 1 is 0.857 bits per heavy atom. The Hall–Kier alpha value is -3.65. The predicted octanol–water partition coefficient (Wildman–Crippen LogP) is 4.80. The van der Waals surface area contributed by atoms with Crippen molar-refractivity contribution in [2.45, 2.75) is 25.4 Å². The molecule has 0 radical (unpaired) electrons. The largest absolute Gasteiger partial charge is 0.493 e. The average molecular weight is 484 g/mol. The summed E-state index contributed by atoms with van der Waals surface area (Å²) in [6, 6.07) is 10.0. The van der Waals surface area contributed by atoms with Gasteiger partial charge in [-0.15, -0.1) is 0 Å². The van der Waals surface area contributed by atoms with E-state index in [0.29, 0.717) is 35.7 Å². The molecule has 0 bridgehead atoms. The second-order valence-electron chi connectivity index (χ2n) is 8.21. The number of aryl methyl sites for hydroxylation is 1. The lowest BCUT2D eigenvalue weighted by Gasteiger charge is -2.20. The molecule has 35 heavy (non-hydrogen) atoms. The van der Waals surface area contributed by atoms with Crippen molar-refractivity contribution in [2.24, 2.45) is 0 Å². The van der Waals surface area contributed by atoms with Crippen molar-refractivity contribution in [3.05, 3.63) is 81.0 Å². The molecule has 0 unspecified atom stereocenters. The maximum atomic E-state index is 13.7. The number of methoxy groups -OCH3 is 4. The molecule has 3 aromatic rings. The van der Waals surface area contributed by atoms with Gasteiger partial charge in [0.25, 0.3) is 0 Å². The third-order valence-electron chi connectivity index (χ3n) is 6.20. The van der Waals surface area contributed by atoms with Crippen LogP contribution in [0.5, 0.6) is 23.0 Å². The van der Waals surface area contributed by atoms with Crippen LogP contribution in [-0.2, 0) is 13.0 Å². The van der Waals surface area contributed by atoms with Crippen LogP contribution in [0.2, 0.25) is 0 Å². The molecule has 0 saturated carbocycles. The standard InChI is InChI=1S/C27H27F2NO5/c1-32-23-8-6-19-20(13-22(23)31)21(30-14-15-9-17(28)12-18(29)10-15)7-5-16-11-24(33-2)26(34-3)27(35-4)25(16)19/h6,8-13,21,30H,5,7,14H2,1-4H3/t21-/m0/s1. The van der Waals surface area contributed by atoms with E-state index in [1.165, 1.54) is 26.4 Å². The zero-order chi connectivity index (χ0) is 25.1. The third kappa shape index (κ3) is 4.79. The van der Waals surface area contributed by atoms with Crippen LogP contribution in [0.15, 0.2) is 47.3 Å². The number of hydrogen-bond acceptors (Lipinski definition) is 6. The van der Waals surface area contributed by atoms with Gasteiger partial charge in [0.1, 0.15) is 11.6 Å². The van der Waals surface area contributed by atoms with Gasteiger partial charge < -0.3 is 24.3 Å². The van der Waals surface area contributed by atoms with Crippen molar-refractivity contribution < 1.29 is 27.7 Å². The molecule has 1 atom stereocenters. The van der Waals surface area contributed by atoms with Crippen molar-refractivity contribution in [1.82, 2.24) is 5.32 Å². The average Bonchev–Trinajstić information content (AvgIpc) is 3.08. The highest BCUT2D eigenvalue weighted by Crippen LogP contribution is 2.50. The monoisotopic (exact) mass is 483 g/mol. The number of rotatable bonds is 7. The van der Waals surface area contributed by atoms with E-state index >= 15 is 0 Å². The minimum Gasteiger partial charge on any atom is -0.493 e. The lowest BCUT2D eigenvalue weighted by molar-refractivity contribution is 0.324. The number of benzene rings is 2. The number of halogens is 2. The number of fused-ring (bicyclic) bond motifs is 3. The van der Waals surface area contributed by atoms with Gasteiger partial charge in [-0.05, 0) is 65.4 Å². The molecule has 0 aromatic heterocycles. The smallest absolute Gasteiger partial charge is 0.220 e. The normalized spacial score (nSPS) is 14.4. The minimum atomic E-state index is -0.641. The Morgan fingerprint density at radius 2 is 1.54 bits per heavy atom. The highest BCUT2D eigenvalue weighted by atomic mass is 19.1. The fourth-order valence-corrected chi connectivity index (χ4v) is 4.63. The second-order valence-corrected chi connectivity index (χ2v) is 8.21. The van der Waals surface area contributed by atoms with Crippen molar-refractivity contribution in [3.8, 4) is 34.1 Å². The summed E-state index contributed by atoms with van der Waals surface area (Å²) in [5, 5.41) is 3.38. The first kappa shape index (κ1) is 24.5. The van der Waals surface area contributed by atoms with Gasteiger partial charge in [0.2, 0.25) is 11.2 Å². The molecule has 4 rings (SSSR count). The van der Waals surface area contributed by atoms with Gasteiger partial charge in [-0.3, -0.25) is 4.79 Å². The van der Waals surface area contributed by atoms with E-state index in [1.54, 1.807) is 26.4 Å². The summed E-state index contributed by atoms with van der Waals surface area (Å²) in [7, 11) is 6.10. The summed E-state index contributed by atoms with van der Waals surface area (Å²) in [5.41, 5.74) is 3.42. The van der Waals surface area contributed by atoms with Crippen molar-refractivity contribution in [2.75, 3.05) is 28.4 Å². The molecular formula is C27H27F2NO5. The Morgan fingerprint density at radius 3 is 2.17 bits per heavy atom. The molecule has 0 heterocycles. The van der Waals surface area contributed by atoms with E-state index in [1.807, 2.05) is 12.1 Å². The van der Waals surface area contributed by atoms with Crippen LogP contribution in [0, 0.1) is 11.6 Å². The van der Waals surface area contributed by atoms with E-state index in [-0.39, 0.29) is 23.8 Å². The Bertz CT molecular complexity index is 1290. The Labute approximate surface area is 202 Å². The number of ether oxygens (including phenoxy) is 4. The second kappa shape index (κ2) is 10.3. The summed E-state index contributed by atoms with van der Waals surface area (Å²) in [4.78, 5) is 12.9. The lowest BCUT2D eigenvalue weighted by Crippen LogP contribution is -2.22. The maximum absolute atomic E-state index is 13.7. The molecule has 0 amide bonds. The molecule has 0 fully saturated rings. The highest BCUT2D eigenvalue weighted by molar-refractivity contribution is 5.82. The van der Waals surface area contributed by atoms with Crippen molar-refractivity contribution in [3.63, 3.8) is 0 Å². The van der Waals surface area contributed by atoms with Gasteiger partial charge in [0, 0.05) is 24.2 Å². The Balaban J connectivity index is 1.89. The molecule has 1 aliphatic carbocycles. The molecule has 184 valence electrons. The molecule has 0 aliphatic heterocycles. The van der Waals surface area contributed by atoms with Gasteiger partial charge in [0.05, 0.1) is 28.4 Å². The fraction of sp³-hybridized carbons (Fsp3) is 0.296. The van der Waals surface area contributed by atoms with Crippen LogP contribution in [0.3, 0.4) is 0 Å². The third-order valence-corrected chi connectivity index (χ3v) is 6.20. The maximum Gasteiger partial charge on any atom is 0.220 e. The molecule has 6 nitrogen and oxygen atoms in total. The molecule has 3 aromatic carbocycles. The first-order valence-corrected chi connectivity index (χ1v) is 11.1. The van der Waals surface area contributed by atoms with E-state index in [9.17, 15) is 13.6 Å². The van der Waals surface area contributed by atoms with E-state index in [0.717, 1.165) is 28.3 Å². The summed E-state index contributed by atoms with van der Waals surface area (Å²) in [6.07, 6.45) is 1.24. The van der Waals surface area contributed by atoms with Gasteiger partial charge in [-0.25, -0.2) is 8.78 Å². The van der Waals surface area contributed by atoms with Crippen LogP contribution < -0.4 is 29.7 Å². The zero-order valence-corrected chi connectivity index (χ0v) is 20.0. The SMILES string of the molecule is COc1cc2c(c(OC)c1OC)-c1ccc(OC)c(=O)cc1[C@@H](NCc1cc(F)cc(F)c1)CC2. The van der Waals surface area contributed by atoms with Gasteiger partial charge in [0.15, 0.2) is 17.2 Å². The van der Waals surface area contributed by atoms with Crippen molar-refractivity contribution >= 4 is 0 Å². The predicted molar refractivity (Wildman–Crippen MR) is 129 cm³/mol. The summed E-state index contributed by atoms with van der Waals surface area (Å²) >= 11 is 0. The van der Waals surface area contributed by atoms with Crippen LogP contribution in [0.4, 0.5) is 8.78 Å². The molecule has 1 aliphatic rings. The molecule has 0 saturated heterocycles. The first-order chi connectivity index (χ1) is 16.9. The lowest BCUT2D eigenvalue weighted by atomic mass is 9.95. The van der Waals surface area contributed by atoms with E-state index in [2.05, 4.69) is 5.32 Å². The van der Waals surface area contributed by atoms with Gasteiger partial charge in [-0.2, -0.15) is 0 Å². The van der Waals surface area contributed by atoms with Gasteiger partial charge >= 0.3 is 0 Å². The van der Waals surface area contributed by atoms with Crippen LogP contribution in [0.1, 0.15) is 29.2 Å².